The Bertz CT molecular complexity index is 251. The topological polar surface area (TPSA) is 48.9 Å². The summed E-state index contributed by atoms with van der Waals surface area (Å²) in [6.07, 6.45) is 0. The molecular weight excluding hydrogens is 228 g/mol. The lowest BCUT2D eigenvalue weighted by molar-refractivity contribution is 0.178. The van der Waals surface area contributed by atoms with Gasteiger partial charge in [0.05, 0.1) is 6.61 Å². The number of nitrogens with zero attached hydrogens (tertiary/aromatic N) is 2. The van der Waals surface area contributed by atoms with E-state index in [2.05, 4.69) is 55.4 Å². The van der Waals surface area contributed by atoms with Crippen LogP contribution in [0.15, 0.2) is 4.99 Å². The molecule has 0 saturated heterocycles. The predicted octanol–water partition coefficient (Wildman–Crippen LogP) is 0.774. The average Bonchev–Trinajstić information content (AvgIpc) is 2.22. The van der Waals surface area contributed by atoms with Gasteiger partial charge in [-0.2, -0.15) is 0 Å². The maximum atomic E-state index is 5.10. The summed E-state index contributed by atoms with van der Waals surface area (Å²) in [5.74, 6) is 0.825. The van der Waals surface area contributed by atoms with Gasteiger partial charge in [-0.15, -0.1) is 0 Å². The number of rotatable bonds is 7. The first-order chi connectivity index (χ1) is 8.30. The molecule has 0 bridgehead atoms. The van der Waals surface area contributed by atoms with E-state index in [4.69, 9.17) is 4.74 Å². The van der Waals surface area contributed by atoms with Crippen molar-refractivity contribution in [3.8, 4) is 0 Å². The molecule has 0 aromatic rings. The van der Waals surface area contributed by atoms with E-state index in [1.165, 1.54) is 0 Å². The number of hydrogen-bond donors (Lipinski definition) is 2. The predicted molar refractivity (Wildman–Crippen MR) is 78.2 cm³/mol. The second-order valence-electron chi connectivity index (χ2n) is 5.83. The van der Waals surface area contributed by atoms with Crippen LogP contribution in [-0.4, -0.2) is 64.9 Å². The summed E-state index contributed by atoms with van der Waals surface area (Å²) in [4.78, 5) is 6.42. The molecule has 18 heavy (non-hydrogen) atoms. The minimum atomic E-state index is 0.200. The van der Waals surface area contributed by atoms with Gasteiger partial charge in [0.15, 0.2) is 5.96 Å². The van der Waals surface area contributed by atoms with E-state index >= 15 is 0 Å². The van der Waals surface area contributed by atoms with Crippen molar-refractivity contribution in [3.63, 3.8) is 0 Å². The first kappa shape index (κ1) is 17.2. The van der Waals surface area contributed by atoms with E-state index in [-0.39, 0.29) is 11.5 Å². The van der Waals surface area contributed by atoms with Crippen LogP contribution in [0, 0.1) is 5.41 Å². The van der Waals surface area contributed by atoms with Crippen LogP contribution in [0.5, 0.6) is 0 Å². The smallest absolute Gasteiger partial charge is 0.191 e. The molecule has 0 fully saturated rings. The lowest BCUT2D eigenvalue weighted by atomic mass is 9.93. The molecule has 1 unspecified atom stereocenters. The van der Waals surface area contributed by atoms with Crippen LogP contribution < -0.4 is 10.6 Å². The van der Waals surface area contributed by atoms with Crippen molar-refractivity contribution >= 4 is 5.96 Å². The minimum absolute atomic E-state index is 0.200. The third kappa shape index (κ3) is 8.31. The van der Waals surface area contributed by atoms with Crippen LogP contribution in [-0.2, 0) is 4.74 Å². The number of guanidine groups is 1. The number of ether oxygens (including phenoxy) is 1. The molecule has 0 radical (unpaired) electrons. The molecule has 0 aromatic carbocycles. The van der Waals surface area contributed by atoms with Crippen LogP contribution in [0.2, 0.25) is 0 Å². The summed E-state index contributed by atoms with van der Waals surface area (Å²) in [7, 11) is 7.67. The Balaban J connectivity index is 4.15. The Kier molecular flexibility index (Phi) is 7.95. The molecule has 5 nitrogen and oxygen atoms in total. The van der Waals surface area contributed by atoms with Crippen molar-refractivity contribution in [1.29, 1.82) is 0 Å². The van der Waals surface area contributed by atoms with Gasteiger partial charge in [0.25, 0.3) is 0 Å². The van der Waals surface area contributed by atoms with Gasteiger partial charge in [0.2, 0.25) is 0 Å². The van der Waals surface area contributed by atoms with Gasteiger partial charge in [-0.25, -0.2) is 0 Å². The Labute approximate surface area is 112 Å². The molecule has 0 aliphatic carbocycles. The lowest BCUT2D eigenvalue weighted by Crippen LogP contribution is -2.48. The summed E-state index contributed by atoms with van der Waals surface area (Å²) < 4.78 is 5.10. The van der Waals surface area contributed by atoms with Crippen molar-refractivity contribution < 1.29 is 4.74 Å². The van der Waals surface area contributed by atoms with Crippen molar-refractivity contribution in [2.75, 3.05) is 47.9 Å². The Hall–Kier alpha value is -0.810. The second-order valence-corrected chi connectivity index (χ2v) is 5.83. The Morgan fingerprint density at radius 2 is 2.00 bits per heavy atom. The highest BCUT2D eigenvalue weighted by molar-refractivity contribution is 5.79. The summed E-state index contributed by atoms with van der Waals surface area (Å²) in [5, 5.41) is 6.65. The van der Waals surface area contributed by atoms with E-state index in [9.17, 15) is 0 Å². The monoisotopic (exact) mass is 258 g/mol. The minimum Gasteiger partial charge on any atom is -0.383 e. The van der Waals surface area contributed by atoms with Gasteiger partial charge in [0.1, 0.15) is 0 Å². The van der Waals surface area contributed by atoms with Crippen molar-refractivity contribution in [2.24, 2.45) is 10.4 Å². The third-order valence-corrected chi connectivity index (χ3v) is 2.50. The van der Waals surface area contributed by atoms with E-state index in [1.54, 1.807) is 14.2 Å². The fourth-order valence-electron chi connectivity index (χ4n) is 1.95. The van der Waals surface area contributed by atoms with Crippen LogP contribution >= 0.6 is 0 Å². The lowest BCUT2D eigenvalue weighted by Gasteiger charge is -2.29. The molecule has 0 amide bonds. The van der Waals surface area contributed by atoms with E-state index in [0.29, 0.717) is 6.61 Å². The first-order valence-corrected chi connectivity index (χ1v) is 6.41. The van der Waals surface area contributed by atoms with Crippen molar-refractivity contribution in [2.45, 2.75) is 26.8 Å². The van der Waals surface area contributed by atoms with Crippen LogP contribution in [0.1, 0.15) is 20.8 Å². The summed E-state index contributed by atoms with van der Waals surface area (Å²) >= 11 is 0. The van der Waals surface area contributed by atoms with E-state index in [0.717, 1.165) is 19.0 Å². The third-order valence-electron chi connectivity index (χ3n) is 2.50. The zero-order valence-corrected chi connectivity index (χ0v) is 13.0. The standard InChI is InChI=1S/C13H30N4O/c1-11(8-18-7)16-12(14-4)15-9-13(2,3)10-17(5)6/h11H,8-10H2,1-7H3,(H2,14,15,16). The molecule has 108 valence electrons. The SMILES string of the molecule is CN=C(NCC(C)(C)CN(C)C)NC(C)COC. The van der Waals surface area contributed by atoms with Crippen LogP contribution in [0.25, 0.3) is 0 Å². The van der Waals surface area contributed by atoms with Gasteiger partial charge in [0, 0.05) is 33.3 Å². The largest absolute Gasteiger partial charge is 0.383 e. The Morgan fingerprint density at radius 1 is 1.39 bits per heavy atom. The molecule has 2 N–H and O–H groups in total. The molecular formula is C13H30N4O. The summed E-state index contributed by atoms with van der Waals surface area (Å²) in [6, 6.07) is 0.248. The van der Waals surface area contributed by atoms with Crippen molar-refractivity contribution in [3.05, 3.63) is 0 Å². The number of nitrogens with one attached hydrogen (secondary N) is 2. The molecule has 0 rings (SSSR count). The molecule has 0 aliphatic heterocycles. The summed E-state index contributed by atoms with van der Waals surface area (Å²) in [5.41, 5.74) is 0.200. The van der Waals surface area contributed by atoms with Crippen LogP contribution in [0.3, 0.4) is 0 Å². The highest BCUT2D eigenvalue weighted by Crippen LogP contribution is 2.13. The van der Waals surface area contributed by atoms with Crippen molar-refractivity contribution in [1.82, 2.24) is 15.5 Å². The number of hydrogen-bond acceptors (Lipinski definition) is 3. The molecule has 0 aromatic heterocycles. The summed E-state index contributed by atoms with van der Waals surface area (Å²) in [6.45, 7) is 9.13. The average molecular weight is 258 g/mol. The van der Waals surface area contributed by atoms with Gasteiger partial charge >= 0.3 is 0 Å². The first-order valence-electron chi connectivity index (χ1n) is 6.41. The zero-order valence-electron chi connectivity index (χ0n) is 13.0. The molecule has 0 aliphatic rings. The molecule has 0 saturated carbocycles. The molecule has 5 heteroatoms. The van der Waals surface area contributed by atoms with Gasteiger partial charge < -0.3 is 20.3 Å². The maximum Gasteiger partial charge on any atom is 0.191 e. The van der Waals surface area contributed by atoms with Crippen LogP contribution in [0.4, 0.5) is 0 Å². The molecule has 0 spiro atoms. The highest BCUT2D eigenvalue weighted by atomic mass is 16.5. The zero-order chi connectivity index (χ0) is 14.2. The highest BCUT2D eigenvalue weighted by Gasteiger charge is 2.19. The maximum absolute atomic E-state index is 5.10. The fourth-order valence-corrected chi connectivity index (χ4v) is 1.95. The van der Waals surface area contributed by atoms with E-state index in [1.807, 2.05) is 0 Å². The Morgan fingerprint density at radius 3 is 2.44 bits per heavy atom. The van der Waals surface area contributed by atoms with Gasteiger partial charge in [-0.3, -0.25) is 4.99 Å². The fraction of sp³-hybridized carbons (Fsp3) is 0.923. The quantitative estimate of drug-likeness (QED) is 0.523. The van der Waals surface area contributed by atoms with Gasteiger partial charge in [-0.1, -0.05) is 13.8 Å². The number of methoxy groups -OCH3 is 1. The molecule has 0 heterocycles. The normalized spacial score (nSPS) is 14.8. The van der Waals surface area contributed by atoms with Gasteiger partial charge in [-0.05, 0) is 26.4 Å². The molecule has 1 atom stereocenters. The van der Waals surface area contributed by atoms with E-state index < -0.39 is 0 Å². The second kappa shape index (κ2) is 8.32. The number of aliphatic imine (C=N–C) groups is 1.